The fraction of sp³-hybridized carbons (Fsp3) is 0.833. The molecule has 0 saturated carbocycles. The van der Waals surface area contributed by atoms with E-state index in [1.54, 1.807) is 4.74 Å². The molecule has 1 unspecified atom stereocenters. The smallest absolute Gasteiger partial charge is 0.263 e. The Labute approximate surface area is 111 Å². The van der Waals surface area contributed by atoms with Gasteiger partial charge in [-0.1, -0.05) is 0 Å². The molecule has 0 N–H and O–H groups in total. The monoisotopic (exact) mass is 355 g/mol. The highest BCUT2D eigenvalue weighted by atomic mass is 19.4. The number of hydrogen-bond donors (Lipinski definition) is 0. The van der Waals surface area contributed by atoms with Gasteiger partial charge in [-0.05, 0) is 10.6 Å². The van der Waals surface area contributed by atoms with Gasteiger partial charge in [0.2, 0.25) is 0 Å². The highest BCUT2D eigenvalue weighted by Gasteiger charge is 2.79. The number of ether oxygens (including phenoxy) is 1. The van der Waals surface area contributed by atoms with Crippen LogP contribution in [0, 0.1) is 0 Å². The summed E-state index contributed by atoms with van der Waals surface area (Å²) in [7, 11) is 0. The van der Waals surface area contributed by atoms with Gasteiger partial charge in [-0.15, -0.1) is 0 Å². The molecule has 0 aromatic heterocycles. The minimum absolute atomic E-state index is 1.01. The molecule has 0 fully saturated rings. The largest absolute Gasteiger partial charge is 0.462 e. The third-order valence-corrected chi connectivity index (χ3v) is 1.80. The summed E-state index contributed by atoms with van der Waals surface area (Å²) in [5.41, 5.74) is 7.54. The van der Waals surface area contributed by atoms with E-state index in [2.05, 4.69) is 0 Å². The summed E-state index contributed by atoms with van der Waals surface area (Å²) in [5, 5.41) is 1.01. The predicted octanol–water partition coefficient (Wildman–Crippen LogP) is 3.86. The standard InChI is InChI=1S/C6F11N3O2/c7-1(21)2(8,5(14,15)19-20-18)22-6(16,17)3(9,10)4(11,12)13. The molecule has 0 spiro atoms. The van der Waals surface area contributed by atoms with Crippen LogP contribution in [0.4, 0.5) is 48.3 Å². The van der Waals surface area contributed by atoms with Gasteiger partial charge in [-0.2, -0.15) is 48.3 Å². The number of rotatable bonds is 6. The second-order valence-electron chi connectivity index (χ2n) is 3.29. The molecule has 1 atom stereocenters. The number of nitrogens with zero attached hydrogens (tertiary/aromatic N) is 3. The summed E-state index contributed by atoms with van der Waals surface area (Å²) < 4.78 is 137. The molecule has 0 rings (SSSR count). The summed E-state index contributed by atoms with van der Waals surface area (Å²) in [4.78, 5) is 11.0. The highest BCUT2D eigenvalue weighted by molar-refractivity contribution is 5.77. The molecule has 128 valence electrons. The first-order valence-electron chi connectivity index (χ1n) is 4.31. The molecule has 0 aliphatic carbocycles. The van der Waals surface area contributed by atoms with Crippen molar-refractivity contribution >= 4 is 6.04 Å². The van der Waals surface area contributed by atoms with E-state index in [1.807, 2.05) is 0 Å². The second-order valence-corrected chi connectivity index (χ2v) is 3.29. The van der Waals surface area contributed by atoms with Gasteiger partial charge < -0.3 is 0 Å². The first-order valence-corrected chi connectivity index (χ1v) is 4.31. The van der Waals surface area contributed by atoms with Crippen molar-refractivity contribution in [3.05, 3.63) is 10.4 Å². The molecule has 0 amide bonds. The van der Waals surface area contributed by atoms with Crippen LogP contribution >= 0.6 is 0 Å². The van der Waals surface area contributed by atoms with Crippen molar-refractivity contribution in [1.82, 2.24) is 0 Å². The predicted molar refractivity (Wildman–Crippen MR) is 41.1 cm³/mol. The average Bonchev–Trinajstić information content (AvgIpc) is 2.25. The molecule has 0 bridgehead atoms. The number of carbonyl (C=O) groups is 1. The highest BCUT2D eigenvalue weighted by Crippen LogP contribution is 2.51. The van der Waals surface area contributed by atoms with E-state index in [-0.39, 0.29) is 0 Å². The molecule has 0 radical (unpaired) electrons. The molecule has 0 aromatic rings. The van der Waals surface area contributed by atoms with Crippen molar-refractivity contribution in [1.29, 1.82) is 0 Å². The minimum Gasteiger partial charge on any atom is -0.263 e. The summed E-state index contributed by atoms with van der Waals surface area (Å²) in [6, 6.07) is -10.5. The Kier molecular flexibility index (Phi) is 4.97. The van der Waals surface area contributed by atoms with Gasteiger partial charge in [0.05, 0.1) is 0 Å². The van der Waals surface area contributed by atoms with Crippen molar-refractivity contribution in [3.8, 4) is 0 Å². The van der Waals surface area contributed by atoms with Gasteiger partial charge in [0.15, 0.2) is 0 Å². The number of hydrogen-bond acceptors (Lipinski definition) is 3. The lowest BCUT2D eigenvalue weighted by molar-refractivity contribution is -0.464. The summed E-state index contributed by atoms with van der Waals surface area (Å²) in [6.07, 6.45) is -14.3. The first-order chi connectivity index (χ1) is 9.46. The Morgan fingerprint density at radius 1 is 0.955 bits per heavy atom. The van der Waals surface area contributed by atoms with Gasteiger partial charge in [-0.3, -0.25) is 9.53 Å². The van der Waals surface area contributed by atoms with Crippen LogP contribution in [-0.2, 0) is 9.53 Å². The number of alkyl halides is 10. The van der Waals surface area contributed by atoms with Gasteiger partial charge in [-0.25, -0.2) is 0 Å². The fourth-order valence-electron chi connectivity index (χ4n) is 0.746. The van der Waals surface area contributed by atoms with Crippen molar-refractivity contribution < 1.29 is 57.8 Å². The van der Waals surface area contributed by atoms with Crippen LogP contribution in [0.1, 0.15) is 0 Å². The van der Waals surface area contributed by atoms with Crippen LogP contribution in [0.25, 0.3) is 10.4 Å². The van der Waals surface area contributed by atoms with E-state index in [4.69, 9.17) is 5.53 Å². The maximum absolute atomic E-state index is 13.2. The van der Waals surface area contributed by atoms with E-state index in [1.165, 1.54) is 0 Å². The van der Waals surface area contributed by atoms with E-state index in [0.717, 1.165) is 10.0 Å². The van der Waals surface area contributed by atoms with Crippen molar-refractivity contribution in [2.24, 2.45) is 5.11 Å². The Balaban J connectivity index is 6.01. The maximum Gasteiger partial charge on any atom is 0.462 e. The minimum atomic E-state index is -7.29. The quantitative estimate of drug-likeness (QED) is 0.181. The normalized spacial score (nSPS) is 16.7. The number of azide groups is 1. The summed E-state index contributed by atoms with van der Waals surface area (Å²) in [5.74, 6) is -13.7. The van der Waals surface area contributed by atoms with Crippen LogP contribution < -0.4 is 0 Å². The molecule has 0 aliphatic rings. The van der Waals surface area contributed by atoms with Crippen molar-refractivity contribution in [2.45, 2.75) is 30.1 Å². The Morgan fingerprint density at radius 2 is 1.36 bits per heavy atom. The van der Waals surface area contributed by atoms with Gasteiger partial charge >= 0.3 is 36.1 Å². The zero-order valence-electron chi connectivity index (χ0n) is 9.32. The van der Waals surface area contributed by atoms with E-state index in [0.29, 0.717) is 0 Å². The Bertz CT molecular complexity index is 497. The zero-order valence-corrected chi connectivity index (χ0v) is 9.32. The summed E-state index contributed by atoms with van der Waals surface area (Å²) in [6.45, 7) is 0. The molecule has 16 heteroatoms. The molecule has 0 aliphatic heterocycles. The number of carbonyl (C=O) groups excluding carboxylic acids is 1. The summed E-state index contributed by atoms with van der Waals surface area (Å²) >= 11 is 0. The van der Waals surface area contributed by atoms with Crippen molar-refractivity contribution in [2.75, 3.05) is 0 Å². The van der Waals surface area contributed by atoms with E-state index < -0.39 is 36.1 Å². The lowest BCUT2D eigenvalue weighted by Crippen LogP contribution is -2.61. The third kappa shape index (κ3) is 3.16. The van der Waals surface area contributed by atoms with E-state index in [9.17, 15) is 53.1 Å². The van der Waals surface area contributed by atoms with Gasteiger partial charge in [0.25, 0.3) is 0 Å². The third-order valence-electron chi connectivity index (χ3n) is 1.80. The average molecular weight is 355 g/mol. The molecule has 0 aromatic carbocycles. The Hall–Kier alpha value is -1.83. The topological polar surface area (TPSA) is 75.1 Å². The molecular formula is C6F11N3O2. The SMILES string of the molecule is [N-]=[N+]=NC(F)(F)C(F)(OC(F)(F)C(F)(F)C(F)(F)F)C(=O)F. The van der Waals surface area contributed by atoms with Crippen LogP contribution in [0.5, 0.6) is 0 Å². The van der Waals surface area contributed by atoms with Crippen LogP contribution in [0.2, 0.25) is 0 Å². The molecule has 0 heterocycles. The molecule has 5 nitrogen and oxygen atoms in total. The van der Waals surface area contributed by atoms with E-state index >= 15 is 0 Å². The fourth-order valence-corrected chi connectivity index (χ4v) is 0.746. The van der Waals surface area contributed by atoms with Crippen LogP contribution in [-0.4, -0.2) is 36.1 Å². The maximum atomic E-state index is 13.2. The molecule has 0 saturated heterocycles. The molecular weight excluding hydrogens is 355 g/mol. The lowest BCUT2D eigenvalue weighted by atomic mass is 10.2. The first kappa shape index (κ1) is 20.2. The second kappa shape index (κ2) is 5.42. The lowest BCUT2D eigenvalue weighted by Gasteiger charge is -2.33. The van der Waals surface area contributed by atoms with Crippen LogP contribution in [0.3, 0.4) is 0 Å². The van der Waals surface area contributed by atoms with Gasteiger partial charge in [0, 0.05) is 4.91 Å². The van der Waals surface area contributed by atoms with Crippen LogP contribution in [0.15, 0.2) is 5.11 Å². The molecule has 22 heavy (non-hydrogen) atoms. The van der Waals surface area contributed by atoms with Crippen molar-refractivity contribution in [3.63, 3.8) is 0 Å². The zero-order chi connectivity index (χ0) is 18.2. The number of halogens is 11. The Morgan fingerprint density at radius 3 is 1.64 bits per heavy atom. The van der Waals surface area contributed by atoms with Gasteiger partial charge in [0.1, 0.15) is 0 Å².